The molecule has 0 amide bonds. The number of aromatic nitrogens is 2. The minimum atomic E-state index is 0.684. The molecule has 0 fully saturated rings. The van der Waals surface area contributed by atoms with E-state index in [0.29, 0.717) is 5.82 Å². The maximum Gasteiger partial charge on any atom is 0.160 e. The van der Waals surface area contributed by atoms with E-state index in [0.717, 1.165) is 61.0 Å². The zero-order valence-electron chi connectivity index (χ0n) is 35.2. The van der Waals surface area contributed by atoms with Crippen LogP contribution in [0.5, 0.6) is 0 Å². The highest BCUT2D eigenvalue weighted by Crippen LogP contribution is 2.47. The summed E-state index contributed by atoms with van der Waals surface area (Å²) in [4.78, 5) is 10.4. The van der Waals surface area contributed by atoms with Gasteiger partial charge in [-0.25, -0.2) is 9.97 Å². The van der Waals surface area contributed by atoms with Crippen LogP contribution in [0, 0.1) is 0 Å². The summed E-state index contributed by atoms with van der Waals surface area (Å²) in [5.74, 6) is 0.684. The van der Waals surface area contributed by atoms with E-state index in [9.17, 15) is 0 Å². The third kappa shape index (κ3) is 6.12. The molecule has 2 heterocycles. The van der Waals surface area contributed by atoms with Crippen molar-refractivity contribution in [2.75, 3.05) is 0 Å². The molecule has 3 nitrogen and oxygen atoms in total. The summed E-state index contributed by atoms with van der Waals surface area (Å²) in [5, 5.41) is 12.0. The third-order valence-corrected chi connectivity index (χ3v) is 13.1. The van der Waals surface area contributed by atoms with Crippen LogP contribution in [0.3, 0.4) is 0 Å². The van der Waals surface area contributed by atoms with Gasteiger partial charge in [-0.2, -0.15) is 0 Å². The summed E-state index contributed by atoms with van der Waals surface area (Å²) in [6.45, 7) is 0. The van der Waals surface area contributed by atoms with E-state index in [1.165, 1.54) is 65.5 Å². The lowest BCUT2D eigenvalue weighted by Gasteiger charge is -2.19. The number of para-hydroxylation sites is 1. The molecule has 0 aliphatic rings. The molecule has 2 aromatic heterocycles. The standard InChI is InChI=1S/C62H38N2O/c1-3-16-41(17-4-1)60-52-25-12-11-24-51(52)59(53-33-31-39-15-7-8-20-46(39)61(53)60)42-29-27-40(28-30-42)45-34-35-49(48-22-10-9-21-47(45)48)56-38-55(63-62(64-56)43-18-5-2-6-19-43)44-32-36-58-54(37-44)50-23-13-14-26-57(50)65-58/h1-38H. The Morgan fingerprint density at radius 1 is 0.277 bits per heavy atom. The predicted octanol–water partition coefficient (Wildman–Crippen LogP) is 17.0. The van der Waals surface area contributed by atoms with Crippen LogP contribution < -0.4 is 0 Å². The van der Waals surface area contributed by atoms with E-state index in [2.05, 4.69) is 200 Å². The topological polar surface area (TPSA) is 38.9 Å². The number of nitrogens with zero attached hydrogens (tertiary/aromatic N) is 2. The van der Waals surface area contributed by atoms with Crippen LogP contribution in [0.4, 0.5) is 0 Å². The Morgan fingerprint density at radius 3 is 1.58 bits per heavy atom. The van der Waals surface area contributed by atoms with Gasteiger partial charge in [0, 0.05) is 27.5 Å². The van der Waals surface area contributed by atoms with E-state index in [1.54, 1.807) is 0 Å². The second-order valence-electron chi connectivity index (χ2n) is 16.8. The highest BCUT2D eigenvalue weighted by Gasteiger charge is 2.20. The average Bonchev–Trinajstić information content (AvgIpc) is 3.76. The number of hydrogen-bond acceptors (Lipinski definition) is 3. The smallest absolute Gasteiger partial charge is 0.160 e. The third-order valence-electron chi connectivity index (χ3n) is 13.1. The molecule has 3 heteroatoms. The minimum Gasteiger partial charge on any atom is -0.456 e. The fourth-order valence-electron chi connectivity index (χ4n) is 10.1. The number of hydrogen-bond donors (Lipinski definition) is 0. The van der Waals surface area contributed by atoms with E-state index in [1.807, 2.05) is 30.3 Å². The SMILES string of the molecule is c1ccc(-c2nc(-c3ccc4oc5ccccc5c4c3)cc(-c3ccc(-c4ccc(-c5c6ccccc6c(-c6ccccc6)c6c5ccc5ccccc56)cc4)c4ccccc34)n2)cc1. The van der Waals surface area contributed by atoms with Crippen LogP contribution in [-0.4, -0.2) is 9.97 Å². The van der Waals surface area contributed by atoms with E-state index in [4.69, 9.17) is 14.4 Å². The number of fused-ring (bicyclic) bond motifs is 8. The van der Waals surface area contributed by atoms with Crippen molar-refractivity contribution < 1.29 is 4.42 Å². The first kappa shape index (κ1) is 36.9. The molecule has 65 heavy (non-hydrogen) atoms. The lowest BCUT2D eigenvalue weighted by atomic mass is 9.83. The molecule has 0 aliphatic heterocycles. The molecular weight excluding hydrogens is 789 g/mol. The Kier molecular flexibility index (Phi) is 8.53. The minimum absolute atomic E-state index is 0.684. The maximum absolute atomic E-state index is 6.19. The van der Waals surface area contributed by atoms with E-state index in [-0.39, 0.29) is 0 Å². The van der Waals surface area contributed by atoms with Crippen LogP contribution >= 0.6 is 0 Å². The summed E-state index contributed by atoms with van der Waals surface area (Å²) >= 11 is 0. The van der Waals surface area contributed by atoms with Crippen LogP contribution in [0.1, 0.15) is 0 Å². The van der Waals surface area contributed by atoms with E-state index < -0.39 is 0 Å². The molecule has 0 atom stereocenters. The van der Waals surface area contributed by atoms with Crippen LogP contribution in [-0.2, 0) is 0 Å². The van der Waals surface area contributed by atoms with Crippen LogP contribution in [0.25, 0.3) is 132 Å². The molecule has 302 valence electrons. The summed E-state index contributed by atoms with van der Waals surface area (Å²) in [7, 11) is 0. The molecule has 0 bridgehead atoms. The molecule has 0 radical (unpaired) electrons. The van der Waals surface area contributed by atoms with Crippen molar-refractivity contribution in [3.8, 4) is 67.3 Å². The van der Waals surface area contributed by atoms with Gasteiger partial charge in [0.05, 0.1) is 11.4 Å². The summed E-state index contributed by atoms with van der Waals surface area (Å²) in [5.41, 5.74) is 13.8. The quantitative estimate of drug-likeness (QED) is 0.124. The van der Waals surface area contributed by atoms with Gasteiger partial charge in [0.15, 0.2) is 5.82 Å². The Balaban J connectivity index is 0.954. The van der Waals surface area contributed by atoms with Gasteiger partial charge in [-0.15, -0.1) is 0 Å². The molecule has 0 unspecified atom stereocenters. The molecule has 13 aromatic rings. The van der Waals surface area contributed by atoms with Crippen molar-refractivity contribution in [2.24, 2.45) is 0 Å². The van der Waals surface area contributed by atoms with Gasteiger partial charge < -0.3 is 4.42 Å². The second kappa shape index (κ2) is 15.0. The molecule has 0 saturated heterocycles. The summed E-state index contributed by atoms with van der Waals surface area (Å²) in [6.07, 6.45) is 0. The van der Waals surface area contributed by atoms with Crippen molar-refractivity contribution in [2.45, 2.75) is 0 Å². The van der Waals surface area contributed by atoms with Gasteiger partial charge in [-0.05, 0) is 107 Å². The Hall–Kier alpha value is -8.66. The van der Waals surface area contributed by atoms with Gasteiger partial charge in [0.1, 0.15) is 11.2 Å². The van der Waals surface area contributed by atoms with Crippen molar-refractivity contribution in [3.05, 3.63) is 231 Å². The Bertz CT molecular complexity index is 3980. The number of benzene rings is 11. The molecule has 13 rings (SSSR count). The number of furan rings is 1. The fraction of sp³-hybridized carbons (Fsp3) is 0. The molecule has 0 N–H and O–H groups in total. The zero-order chi connectivity index (χ0) is 42.8. The summed E-state index contributed by atoms with van der Waals surface area (Å²) in [6, 6.07) is 82.4. The lowest BCUT2D eigenvalue weighted by molar-refractivity contribution is 0.669. The average molecular weight is 827 g/mol. The molecule has 0 spiro atoms. The van der Waals surface area contributed by atoms with Gasteiger partial charge >= 0.3 is 0 Å². The molecule has 0 saturated carbocycles. The van der Waals surface area contributed by atoms with Gasteiger partial charge in [-0.3, -0.25) is 0 Å². The second-order valence-corrected chi connectivity index (χ2v) is 16.8. The van der Waals surface area contributed by atoms with Crippen molar-refractivity contribution in [1.29, 1.82) is 0 Å². The molecular formula is C62H38N2O. The molecule has 11 aromatic carbocycles. The first-order valence-electron chi connectivity index (χ1n) is 22.1. The highest BCUT2D eigenvalue weighted by atomic mass is 16.3. The first-order valence-corrected chi connectivity index (χ1v) is 22.1. The van der Waals surface area contributed by atoms with Crippen molar-refractivity contribution in [3.63, 3.8) is 0 Å². The summed E-state index contributed by atoms with van der Waals surface area (Å²) < 4.78 is 6.19. The van der Waals surface area contributed by atoms with Gasteiger partial charge in [-0.1, -0.05) is 200 Å². The normalized spacial score (nSPS) is 11.7. The van der Waals surface area contributed by atoms with E-state index >= 15 is 0 Å². The highest BCUT2D eigenvalue weighted by molar-refractivity contribution is 6.28. The fourth-order valence-corrected chi connectivity index (χ4v) is 10.1. The first-order chi connectivity index (χ1) is 32.2. The Labute approximate surface area is 375 Å². The van der Waals surface area contributed by atoms with Gasteiger partial charge in [0.25, 0.3) is 0 Å². The zero-order valence-corrected chi connectivity index (χ0v) is 35.2. The predicted molar refractivity (Wildman–Crippen MR) is 272 cm³/mol. The Morgan fingerprint density at radius 2 is 0.815 bits per heavy atom. The van der Waals surface area contributed by atoms with Crippen LogP contribution in [0.2, 0.25) is 0 Å². The number of rotatable bonds is 6. The van der Waals surface area contributed by atoms with Crippen LogP contribution in [0.15, 0.2) is 235 Å². The van der Waals surface area contributed by atoms with Crippen molar-refractivity contribution in [1.82, 2.24) is 9.97 Å². The van der Waals surface area contributed by atoms with Crippen molar-refractivity contribution >= 4 is 65.0 Å². The maximum atomic E-state index is 6.19. The van der Waals surface area contributed by atoms with Gasteiger partial charge in [0.2, 0.25) is 0 Å². The largest absolute Gasteiger partial charge is 0.456 e. The lowest BCUT2D eigenvalue weighted by Crippen LogP contribution is -1.96. The monoisotopic (exact) mass is 826 g/mol. The molecule has 0 aliphatic carbocycles.